The highest BCUT2D eigenvalue weighted by molar-refractivity contribution is 6.33. The molecular formula is C12H14ClN3O. The van der Waals surface area contributed by atoms with E-state index in [0.717, 1.165) is 43.9 Å². The third-order valence-corrected chi connectivity index (χ3v) is 3.47. The Kier molecular flexibility index (Phi) is 2.99. The van der Waals surface area contributed by atoms with Gasteiger partial charge in [0.2, 0.25) is 0 Å². The summed E-state index contributed by atoms with van der Waals surface area (Å²) in [4.78, 5) is 4.49. The Bertz CT molecular complexity index is 519. The molecule has 2 aromatic heterocycles. The molecule has 0 amide bonds. The zero-order valence-corrected chi connectivity index (χ0v) is 10.2. The highest BCUT2D eigenvalue weighted by atomic mass is 35.5. The van der Waals surface area contributed by atoms with Crippen molar-refractivity contribution in [3.63, 3.8) is 0 Å². The lowest BCUT2D eigenvalue weighted by atomic mass is 9.96. The lowest BCUT2D eigenvalue weighted by molar-refractivity contribution is 0.0660. The SMILES string of the molecule is Clc1cccn2nc(CC3CCOCC3)nc12. The van der Waals surface area contributed by atoms with E-state index < -0.39 is 0 Å². The lowest BCUT2D eigenvalue weighted by Crippen LogP contribution is -2.18. The zero-order chi connectivity index (χ0) is 11.7. The second-order valence-corrected chi connectivity index (χ2v) is 4.82. The molecule has 0 aromatic carbocycles. The van der Waals surface area contributed by atoms with Gasteiger partial charge < -0.3 is 4.74 Å². The molecule has 1 fully saturated rings. The molecule has 5 heteroatoms. The van der Waals surface area contributed by atoms with Crippen LogP contribution in [0.1, 0.15) is 18.7 Å². The summed E-state index contributed by atoms with van der Waals surface area (Å²) < 4.78 is 7.10. The van der Waals surface area contributed by atoms with Crippen molar-refractivity contribution in [1.29, 1.82) is 0 Å². The highest BCUT2D eigenvalue weighted by Crippen LogP contribution is 2.20. The van der Waals surface area contributed by atoms with Gasteiger partial charge in [0.1, 0.15) is 0 Å². The summed E-state index contributed by atoms with van der Waals surface area (Å²) in [5, 5.41) is 5.10. The summed E-state index contributed by atoms with van der Waals surface area (Å²) in [6, 6.07) is 3.71. The molecule has 3 rings (SSSR count). The number of hydrogen-bond acceptors (Lipinski definition) is 3. The lowest BCUT2D eigenvalue weighted by Gasteiger charge is -2.20. The Morgan fingerprint density at radius 3 is 3.00 bits per heavy atom. The Morgan fingerprint density at radius 2 is 2.24 bits per heavy atom. The van der Waals surface area contributed by atoms with Crippen LogP contribution in [0.2, 0.25) is 5.02 Å². The maximum atomic E-state index is 6.07. The molecule has 1 aliphatic rings. The highest BCUT2D eigenvalue weighted by Gasteiger charge is 2.17. The number of rotatable bonds is 2. The Morgan fingerprint density at radius 1 is 1.41 bits per heavy atom. The van der Waals surface area contributed by atoms with Gasteiger partial charge in [-0.15, -0.1) is 0 Å². The van der Waals surface area contributed by atoms with Crippen molar-refractivity contribution in [3.8, 4) is 0 Å². The van der Waals surface area contributed by atoms with Gasteiger partial charge in [0.25, 0.3) is 0 Å². The first-order chi connectivity index (χ1) is 8.33. The van der Waals surface area contributed by atoms with E-state index in [9.17, 15) is 0 Å². The van der Waals surface area contributed by atoms with Crippen molar-refractivity contribution in [2.24, 2.45) is 5.92 Å². The molecule has 1 saturated heterocycles. The third-order valence-electron chi connectivity index (χ3n) is 3.17. The zero-order valence-electron chi connectivity index (χ0n) is 9.47. The minimum atomic E-state index is 0.639. The van der Waals surface area contributed by atoms with Crippen molar-refractivity contribution in [1.82, 2.24) is 14.6 Å². The quantitative estimate of drug-likeness (QED) is 0.823. The number of halogens is 1. The molecule has 3 heterocycles. The van der Waals surface area contributed by atoms with Crippen LogP contribution in [-0.4, -0.2) is 27.8 Å². The average Bonchev–Trinajstić information content (AvgIpc) is 2.74. The van der Waals surface area contributed by atoms with Crippen LogP contribution >= 0.6 is 11.6 Å². The van der Waals surface area contributed by atoms with Crippen LogP contribution < -0.4 is 0 Å². The van der Waals surface area contributed by atoms with Gasteiger partial charge in [0, 0.05) is 25.8 Å². The number of fused-ring (bicyclic) bond motifs is 1. The predicted octanol–water partition coefficient (Wildman–Crippen LogP) is 2.35. The molecular weight excluding hydrogens is 238 g/mol. The van der Waals surface area contributed by atoms with Gasteiger partial charge in [-0.1, -0.05) is 11.6 Å². The van der Waals surface area contributed by atoms with Crippen LogP contribution in [0, 0.1) is 5.92 Å². The van der Waals surface area contributed by atoms with E-state index in [2.05, 4.69) is 10.1 Å². The molecule has 0 saturated carbocycles. The molecule has 0 spiro atoms. The first-order valence-electron chi connectivity index (χ1n) is 5.90. The predicted molar refractivity (Wildman–Crippen MR) is 65.2 cm³/mol. The number of hydrogen-bond donors (Lipinski definition) is 0. The molecule has 0 unspecified atom stereocenters. The van der Waals surface area contributed by atoms with Gasteiger partial charge >= 0.3 is 0 Å². The van der Waals surface area contributed by atoms with E-state index in [1.165, 1.54) is 0 Å². The number of pyridine rings is 1. The Labute approximate surface area is 105 Å². The fourth-order valence-electron chi connectivity index (χ4n) is 2.21. The summed E-state index contributed by atoms with van der Waals surface area (Å²) in [5.41, 5.74) is 0.747. The second-order valence-electron chi connectivity index (χ2n) is 4.41. The summed E-state index contributed by atoms with van der Waals surface area (Å²) in [5.74, 6) is 1.52. The van der Waals surface area contributed by atoms with E-state index in [-0.39, 0.29) is 0 Å². The number of nitrogens with zero attached hydrogens (tertiary/aromatic N) is 3. The molecule has 0 bridgehead atoms. The summed E-state index contributed by atoms with van der Waals surface area (Å²) in [6.07, 6.45) is 5.00. The van der Waals surface area contributed by atoms with Gasteiger partial charge in [-0.2, -0.15) is 5.10 Å². The van der Waals surface area contributed by atoms with Crippen LogP contribution in [0.15, 0.2) is 18.3 Å². The van der Waals surface area contributed by atoms with Gasteiger partial charge in [-0.25, -0.2) is 9.50 Å². The average molecular weight is 252 g/mol. The molecule has 0 N–H and O–H groups in total. The molecule has 17 heavy (non-hydrogen) atoms. The summed E-state index contributed by atoms with van der Waals surface area (Å²) >= 11 is 6.07. The molecule has 0 atom stereocenters. The normalized spacial score (nSPS) is 17.7. The largest absolute Gasteiger partial charge is 0.381 e. The van der Waals surface area contributed by atoms with Crippen LogP contribution in [-0.2, 0) is 11.2 Å². The van der Waals surface area contributed by atoms with Gasteiger partial charge in [-0.05, 0) is 30.9 Å². The van der Waals surface area contributed by atoms with Crippen LogP contribution in [0.4, 0.5) is 0 Å². The van der Waals surface area contributed by atoms with Crippen molar-refractivity contribution in [3.05, 3.63) is 29.2 Å². The summed E-state index contributed by atoms with van der Waals surface area (Å²) in [7, 11) is 0. The molecule has 1 aliphatic heterocycles. The number of aromatic nitrogens is 3. The molecule has 0 aliphatic carbocycles. The third kappa shape index (κ3) is 2.28. The minimum Gasteiger partial charge on any atom is -0.381 e. The van der Waals surface area contributed by atoms with E-state index in [4.69, 9.17) is 16.3 Å². The fourth-order valence-corrected chi connectivity index (χ4v) is 2.41. The topological polar surface area (TPSA) is 39.4 Å². The fraction of sp³-hybridized carbons (Fsp3) is 0.500. The molecule has 0 radical (unpaired) electrons. The van der Waals surface area contributed by atoms with Crippen LogP contribution in [0.3, 0.4) is 0 Å². The molecule has 90 valence electrons. The standard InChI is InChI=1S/C12H14ClN3O/c13-10-2-1-5-16-12(10)14-11(15-16)8-9-3-6-17-7-4-9/h1-2,5,9H,3-4,6-8H2. The maximum absolute atomic E-state index is 6.07. The van der Waals surface area contributed by atoms with Crippen LogP contribution in [0.5, 0.6) is 0 Å². The van der Waals surface area contributed by atoms with Crippen molar-refractivity contribution >= 4 is 17.2 Å². The Hall–Kier alpha value is -1.13. The van der Waals surface area contributed by atoms with Crippen LogP contribution in [0.25, 0.3) is 5.65 Å². The molecule has 2 aromatic rings. The van der Waals surface area contributed by atoms with Gasteiger partial charge in [0.05, 0.1) is 5.02 Å². The maximum Gasteiger partial charge on any atom is 0.174 e. The Balaban J connectivity index is 1.83. The smallest absolute Gasteiger partial charge is 0.174 e. The van der Waals surface area contributed by atoms with E-state index in [1.807, 2.05) is 18.3 Å². The minimum absolute atomic E-state index is 0.639. The van der Waals surface area contributed by atoms with E-state index in [1.54, 1.807) is 4.52 Å². The van der Waals surface area contributed by atoms with E-state index >= 15 is 0 Å². The summed E-state index contributed by atoms with van der Waals surface area (Å²) in [6.45, 7) is 1.72. The molecule has 4 nitrogen and oxygen atoms in total. The van der Waals surface area contributed by atoms with Crippen molar-refractivity contribution in [2.45, 2.75) is 19.3 Å². The first kappa shape index (κ1) is 11.0. The van der Waals surface area contributed by atoms with Gasteiger partial charge in [0.15, 0.2) is 11.5 Å². The second kappa shape index (κ2) is 4.63. The van der Waals surface area contributed by atoms with Gasteiger partial charge in [-0.3, -0.25) is 0 Å². The first-order valence-corrected chi connectivity index (χ1v) is 6.28. The van der Waals surface area contributed by atoms with E-state index in [0.29, 0.717) is 10.9 Å². The van der Waals surface area contributed by atoms with Crippen molar-refractivity contribution < 1.29 is 4.74 Å². The van der Waals surface area contributed by atoms with Crippen molar-refractivity contribution in [2.75, 3.05) is 13.2 Å². The number of ether oxygens (including phenoxy) is 1. The monoisotopic (exact) mass is 251 g/mol.